The van der Waals surface area contributed by atoms with Crippen molar-refractivity contribution in [3.05, 3.63) is 34.2 Å². The molecule has 0 spiro atoms. The smallest absolute Gasteiger partial charge is 0.253 e. The van der Waals surface area contributed by atoms with Crippen molar-refractivity contribution in [2.45, 2.75) is 25.3 Å². The van der Waals surface area contributed by atoms with Crippen LogP contribution in [0.1, 0.15) is 29.6 Å². The van der Waals surface area contributed by atoms with Crippen LogP contribution in [0.15, 0.2) is 23.1 Å². The number of hydrogen-bond acceptors (Lipinski definition) is 3. The highest BCUT2D eigenvalue weighted by atomic mass is 16.2. The predicted molar refractivity (Wildman–Crippen MR) is 65.2 cm³/mol. The largest absolute Gasteiger partial charge is 0.354 e. The molecule has 0 aliphatic carbocycles. The number of carbonyl (C=O) groups is 2. The molecule has 6 heteroatoms. The van der Waals surface area contributed by atoms with Gasteiger partial charge in [-0.1, -0.05) is 0 Å². The van der Waals surface area contributed by atoms with Crippen molar-refractivity contribution in [1.29, 1.82) is 0 Å². The Bertz CT molecular complexity index is 489. The van der Waals surface area contributed by atoms with Crippen molar-refractivity contribution >= 4 is 11.8 Å². The molecular weight excluding hydrogens is 234 g/mol. The van der Waals surface area contributed by atoms with Gasteiger partial charge in [0.05, 0.1) is 5.56 Å². The van der Waals surface area contributed by atoms with Crippen LogP contribution in [0.2, 0.25) is 0 Å². The Morgan fingerprint density at radius 3 is 2.83 bits per heavy atom. The maximum atomic E-state index is 11.9. The lowest BCUT2D eigenvalue weighted by atomic mass is 10.1. The molecule has 1 atom stereocenters. The van der Waals surface area contributed by atoms with Gasteiger partial charge in [0.2, 0.25) is 11.5 Å². The van der Waals surface area contributed by atoms with Crippen LogP contribution in [0.4, 0.5) is 0 Å². The van der Waals surface area contributed by atoms with Crippen LogP contribution in [0.3, 0.4) is 0 Å². The topological polar surface area (TPSA) is 91.1 Å². The van der Waals surface area contributed by atoms with E-state index in [0.29, 0.717) is 18.5 Å². The van der Waals surface area contributed by atoms with Crippen molar-refractivity contribution in [3.8, 4) is 0 Å². The van der Waals surface area contributed by atoms with Crippen LogP contribution >= 0.6 is 0 Å². The maximum absolute atomic E-state index is 11.9. The Balaban J connectivity index is 2.03. The van der Waals surface area contributed by atoms with E-state index in [2.05, 4.69) is 15.6 Å². The van der Waals surface area contributed by atoms with E-state index in [0.717, 1.165) is 12.8 Å². The Kier molecular flexibility index (Phi) is 3.76. The number of H-pyrrole nitrogens is 1. The van der Waals surface area contributed by atoms with Crippen LogP contribution in [0.25, 0.3) is 0 Å². The van der Waals surface area contributed by atoms with Crippen molar-refractivity contribution in [2.24, 2.45) is 0 Å². The van der Waals surface area contributed by atoms with Gasteiger partial charge in [0, 0.05) is 18.8 Å². The zero-order valence-electron chi connectivity index (χ0n) is 9.86. The summed E-state index contributed by atoms with van der Waals surface area (Å²) in [4.78, 5) is 36.8. The molecule has 18 heavy (non-hydrogen) atoms. The van der Waals surface area contributed by atoms with Crippen molar-refractivity contribution in [2.75, 3.05) is 6.54 Å². The molecule has 3 N–H and O–H groups in total. The second kappa shape index (κ2) is 5.48. The molecule has 0 radical (unpaired) electrons. The zero-order chi connectivity index (χ0) is 13.0. The van der Waals surface area contributed by atoms with Crippen LogP contribution in [0.5, 0.6) is 0 Å². The predicted octanol–water partition coefficient (Wildman–Crippen LogP) is -0.227. The Morgan fingerprint density at radius 1 is 1.28 bits per heavy atom. The monoisotopic (exact) mass is 249 g/mol. The first-order valence-corrected chi connectivity index (χ1v) is 5.94. The summed E-state index contributed by atoms with van der Waals surface area (Å²) in [5, 5.41) is 5.42. The highest BCUT2D eigenvalue weighted by Gasteiger charge is 2.22. The molecule has 0 unspecified atom stereocenters. The summed E-state index contributed by atoms with van der Waals surface area (Å²) in [5.74, 6) is -0.501. The van der Waals surface area contributed by atoms with Crippen LogP contribution in [0, 0.1) is 0 Å². The summed E-state index contributed by atoms with van der Waals surface area (Å²) >= 11 is 0. The molecule has 96 valence electrons. The molecule has 2 heterocycles. The Morgan fingerprint density at radius 2 is 2.11 bits per heavy atom. The fourth-order valence-corrected chi connectivity index (χ4v) is 1.87. The van der Waals surface area contributed by atoms with Crippen molar-refractivity contribution in [1.82, 2.24) is 15.6 Å². The van der Waals surface area contributed by atoms with Crippen LogP contribution in [-0.4, -0.2) is 29.4 Å². The lowest BCUT2D eigenvalue weighted by molar-refractivity contribution is -0.122. The van der Waals surface area contributed by atoms with Crippen LogP contribution < -0.4 is 16.2 Å². The molecule has 0 aromatic carbocycles. The molecule has 1 saturated heterocycles. The summed E-state index contributed by atoms with van der Waals surface area (Å²) in [7, 11) is 0. The summed E-state index contributed by atoms with van der Waals surface area (Å²) in [6.07, 6.45) is 3.80. The number of hydrogen-bond donors (Lipinski definition) is 3. The number of aromatic amines is 1. The first-order valence-electron chi connectivity index (χ1n) is 5.94. The minimum atomic E-state index is -0.494. The molecule has 6 nitrogen and oxygen atoms in total. The molecule has 1 aliphatic heterocycles. The van der Waals surface area contributed by atoms with E-state index in [4.69, 9.17) is 0 Å². The van der Waals surface area contributed by atoms with E-state index in [1.807, 2.05) is 0 Å². The average Bonchev–Trinajstić information content (AvgIpc) is 2.56. The number of carbonyl (C=O) groups excluding carboxylic acids is 2. The number of nitrogens with one attached hydrogen (secondary N) is 3. The fraction of sp³-hybridized carbons (Fsp3) is 0.417. The number of rotatable bonds is 2. The van der Waals surface area contributed by atoms with E-state index >= 15 is 0 Å². The second-order valence-electron chi connectivity index (χ2n) is 4.25. The molecule has 1 aromatic heterocycles. The first kappa shape index (κ1) is 12.3. The van der Waals surface area contributed by atoms with Gasteiger partial charge >= 0.3 is 0 Å². The lowest BCUT2D eigenvalue weighted by Gasteiger charge is -2.14. The Labute approximate surface area is 104 Å². The fourth-order valence-electron chi connectivity index (χ4n) is 1.87. The molecule has 1 aliphatic rings. The van der Waals surface area contributed by atoms with Gasteiger partial charge in [-0.3, -0.25) is 14.4 Å². The third-order valence-corrected chi connectivity index (χ3v) is 2.89. The number of pyridine rings is 1. The SMILES string of the molecule is O=C(N[C@H]1CCCCNC1=O)c1ccc(=O)[nH]c1. The molecule has 2 rings (SSSR count). The van der Waals surface area contributed by atoms with Gasteiger partial charge in [0.25, 0.3) is 5.91 Å². The molecular formula is C12H15N3O3. The third kappa shape index (κ3) is 2.97. The lowest BCUT2D eigenvalue weighted by Crippen LogP contribution is -2.45. The highest BCUT2D eigenvalue weighted by Crippen LogP contribution is 2.06. The first-order chi connectivity index (χ1) is 8.66. The van der Waals surface area contributed by atoms with Crippen molar-refractivity contribution in [3.63, 3.8) is 0 Å². The second-order valence-corrected chi connectivity index (χ2v) is 4.25. The molecule has 0 bridgehead atoms. The van der Waals surface area contributed by atoms with Crippen molar-refractivity contribution < 1.29 is 9.59 Å². The number of aromatic nitrogens is 1. The number of amides is 2. The summed E-state index contributed by atoms with van der Waals surface area (Å²) in [6.45, 7) is 0.657. The summed E-state index contributed by atoms with van der Waals surface area (Å²) < 4.78 is 0. The minimum absolute atomic E-state index is 0.148. The van der Waals surface area contributed by atoms with Gasteiger partial charge in [-0.05, 0) is 25.3 Å². The summed E-state index contributed by atoms with van der Waals surface area (Å²) in [5.41, 5.74) is 0.0745. The highest BCUT2D eigenvalue weighted by molar-refractivity contribution is 5.97. The van der Waals surface area contributed by atoms with Gasteiger partial charge in [-0.2, -0.15) is 0 Å². The van der Waals surface area contributed by atoms with Crippen LogP contribution in [-0.2, 0) is 4.79 Å². The normalized spacial score (nSPS) is 19.8. The summed E-state index contributed by atoms with van der Waals surface area (Å²) in [6, 6.07) is 2.22. The molecule has 1 aromatic rings. The van der Waals surface area contributed by atoms with E-state index in [9.17, 15) is 14.4 Å². The van der Waals surface area contributed by atoms with Gasteiger partial charge in [-0.15, -0.1) is 0 Å². The van der Waals surface area contributed by atoms with E-state index in [1.165, 1.54) is 18.3 Å². The Hall–Kier alpha value is -2.11. The average molecular weight is 249 g/mol. The van der Waals surface area contributed by atoms with E-state index in [-0.39, 0.29) is 17.4 Å². The third-order valence-electron chi connectivity index (χ3n) is 2.89. The van der Waals surface area contributed by atoms with E-state index < -0.39 is 6.04 Å². The van der Waals surface area contributed by atoms with Gasteiger partial charge in [0.15, 0.2) is 0 Å². The van der Waals surface area contributed by atoms with Gasteiger partial charge in [0.1, 0.15) is 6.04 Å². The van der Waals surface area contributed by atoms with Gasteiger partial charge < -0.3 is 15.6 Å². The molecule has 1 fully saturated rings. The molecule has 0 saturated carbocycles. The maximum Gasteiger partial charge on any atom is 0.253 e. The van der Waals surface area contributed by atoms with Gasteiger partial charge in [-0.25, -0.2) is 0 Å². The molecule has 2 amide bonds. The van der Waals surface area contributed by atoms with E-state index in [1.54, 1.807) is 0 Å². The standard InChI is InChI=1S/C12H15N3O3/c16-10-5-4-8(7-14-10)11(17)15-9-3-1-2-6-13-12(9)18/h4-5,7,9H,1-3,6H2,(H,13,18)(H,14,16)(H,15,17)/t9-/m0/s1. The quantitative estimate of drug-likeness (QED) is 0.676. The zero-order valence-corrected chi connectivity index (χ0v) is 9.86. The minimum Gasteiger partial charge on any atom is -0.354 e.